The Bertz CT molecular complexity index is 289. The van der Waals surface area contributed by atoms with Gasteiger partial charge >= 0.3 is 0 Å². The van der Waals surface area contributed by atoms with E-state index in [0.717, 1.165) is 12.7 Å². The van der Waals surface area contributed by atoms with Gasteiger partial charge in [-0.2, -0.15) is 0 Å². The van der Waals surface area contributed by atoms with E-state index < -0.39 is 0 Å². The minimum Gasteiger partial charge on any atom is -0.375 e. The van der Waals surface area contributed by atoms with Crippen LogP contribution in [0.1, 0.15) is 40.5 Å². The summed E-state index contributed by atoms with van der Waals surface area (Å²) in [5.41, 5.74) is -0.658. The molecule has 0 spiro atoms. The van der Waals surface area contributed by atoms with Crippen molar-refractivity contribution in [2.75, 3.05) is 26.4 Å². The fourth-order valence-electron chi connectivity index (χ4n) is 1.43. The first-order valence-electron chi connectivity index (χ1n) is 6.56. The molecule has 0 aromatic carbocycles. The second-order valence-corrected chi connectivity index (χ2v) is 5.62. The Hall–Kier alpha value is -0.890. The lowest BCUT2D eigenvalue weighted by Crippen LogP contribution is -2.34. The van der Waals surface area contributed by atoms with E-state index >= 15 is 0 Å². The average Bonchev–Trinajstić information content (AvgIpc) is 2.28. The summed E-state index contributed by atoms with van der Waals surface area (Å²) in [6, 6.07) is 0. The van der Waals surface area contributed by atoms with Crippen LogP contribution in [0.2, 0.25) is 0 Å². The highest BCUT2D eigenvalue weighted by Crippen LogP contribution is 2.17. The Morgan fingerprint density at radius 2 is 1.74 bits per heavy atom. The molecule has 0 N–H and O–H groups in total. The molecule has 4 nitrogen and oxygen atoms in total. The van der Waals surface area contributed by atoms with Crippen molar-refractivity contribution in [3.8, 4) is 12.3 Å². The molecule has 0 rings (SSSR count). The van der Waals surface area contributed by atoms with Crippen molar-refractivity contribution in [3.05, 3.63) is 0 Å². The van der Waals surface area contributed by atoms with Gasteiger partial charge in [-0.15, -0.1) is 6.42 Å². The largest absolute Gasteiger partial charge is 0.375 e. The third-order valence-corrected chi connectivity index (χ3v) is 2.56. The number of hydrogen-bond donors (Lipinski definition) is 0. The topological polar surface area (TPSA) is 44.8 Å². The SMILES string of the molecule is C#CCOCC(C)(C)OCCC(C)(C)OCCC=O. The van der Waals surface area contributed by atoms with Crippen LogP contribution in [-0.4, -0.2) is 43.9 Å². The van der Waals surface area contributed by atoms with Crippen molar-refractivity contribution < 1.29 is 19.0 Å². The van der Waals surface area contributed by atoms with E-state index in [0.29, 0.717) is 32.8 Å². The summed E-state index contributed by atoms with van der Waals surface area (Å²) in [5, 5.41) is 0. The second kappa shape index (κ2) is 9.08. The van der Waals surface area contributed by atoms with E-state index in [1.807, 2.05) is 27.7 Å². The molecule has 0 aliphatic rings. The summed E-state index contributed by atoms with van der Waals surface area (Å²) >= 11 is 0. The molecule has 110 valence electrons. The molecular formula is C15H26O4. The molecule has 0 aliphatic carbocycles. The number of hydrogen-bond acceptors (Lipinski definition) is 4. The fraction of sp³-hybridized carbons (Fsp3) is 0.800. The van der Waals surface area contributed by atoms with Crippen molar-refractivity contribution in [3.63, 3.8) is 0 Å². The first-order chi connectivity index (χ1) is 8.83. The number of rotatable bonds is 11. The molecule has 0 radical (unpaired) electrons. The maximum Gasteiger partial charge on any atom is 0.122 e. The Balaban J connectivity index is 3.86. The van der Waals surface area contributed by atoms with Crippen LogP contribution in [-0.2, 0) is 19.0 Å². The van der Waals surface area contributed by atoms with Gasteiger partial charge in [-0.3, -0.25) is 0 Å². The summed E-state index contributed by atoms with van der Waals surface area (Å²) in [7, 11) is 0. The van der Waals surface area contributed by atoms with Gasteiger partial charge < -0.3 is 19.0 Å². The highest BCUT2D eigenvalue weighted by Gasteiger charge is 2.22. The highest BCUT2D eigenvalue weighted by atomic mass is 16.5. The van der Waals surface area contributed by atoms with Crippen LogP contribution in [0.3, 0.4) is 0 Å². The Morgan fingerprint density at radius 1 is 1.11 bits per heavy atom. The van der Waals surface area contributed by atoms with Crippen molar-refractivity contribution >= 4 is 6.29 Å². The summed E-state index contributed by atoms with van der Waals surface area (Å²) < 4.78 is 16.7. The molecule has 0 saturated carbocycles. The van der Waals surface area contributed by atoms with Crippen LogP contribution >= 0.6 is 0 Å². The maximum absolute atomic E-state index is 10.2. The van der Waals surface area contributed by atoms with Gasteiger partial charge in [-0.05, 0) is 34.1 Å². The molecule has 4 heteroatoms. The lowest BCUT2D eigenvalue weighted by molar-refractivity contribution is -0.112. The Morgan fingerprint density at radius 3 is 2.32 bits per heavy atom. The average molecular weight is 270 g/mol. The summed E-state index contributed by atoms with van der Waals surface area (Å²) in [6.07, 6.45) is 7.16. The molecule has 0 aromatic heterocycles. The summed E-state index contributed by atoms with van der Waals surface area (Å²) in [4.78, 5) is 10.2. The van der Waals surface area contributed by atoms with Gasteiger partial charge in [0.2, 0.25) is 0 Å². The van der Waals surface area contributed by atoms with Gasteiger partial charge in [-0.25, -0.2) is 0 Å². The normalized spacial score (nSPS) is 12.2. The third-order valence-electron chi connectivity index (χ3n) is 2.56. The van der Waals surface area contributed by atoms with Crippen molar-refractivity contribution in [2.45, 2.75) is 51.7 Å². The molecule has 19 heavy (non-hydrogen) atoms. The Kier molecular flexibility index (Phi) is 8.66. The van der Waals surface area contributed by atoms with Crippen LogP contribution in [0.4, 0.5) is 0 Å². The first kappa shape index (κ1) is 18.1. The molecule has 0 saturated heterocycles. The Labute approximate surface area is 116 Å². The van der Waals surface area contributed by atoms with E-state index in [2.05, 4.69) is 5.92 Å². The number of terminal acetylenes is 1. The summed E-state index contributed by atoms with van der Waals surface area (Å²) in [6.45, 7) is 9.68. The third kappa shape index (κ3) is 10.7. The van der Waals surface area contributed by atoms with E-state index in [4.69, 9.17) is 20.6 Å². The minimum atomic E-state index is -0.365. The number of aldehydes is 1. The van der Waals surface area contributed by atoms with Crippen molar-refractivity contribution in [1.82, 2.24) is 0 Å². The molecule has 0 amide bonds. The molecule has 0 heterocycles. The molecule has 0 aliphatic heterocycles. The molecule has 0 aromatic rings. The molecular weight excluding hydrogens is 244 g/mol. The highest BCUT2D eigenvalue weighted by molar-refractivity contribution is 5.49. The fourth-order valence-corrected chi connectivity index (χ4v) is 1.43. The first-order valence-corrected chi connectivity index (χ1v) is 6.56. The van der Waals surface area contributed by atoms with Crippen molar-refractivity contribution in [2.24, 2.45) is 0 Å². The van der Waals surface area contributed by atoms with Gasteiger partial charge in [0.05, 0.1) is 31.0 Å². The number of carbonyl (C=O) groups excluding carboxylic acids is 1. The predicted molar refractivity (Wildman–Crippen MR) is 75.0 cm³/mol. The van der Waals surface area contributed by atoms with E-state index in [9.17, 15) is 4.79 Å². The zero-order valence-electron chi connectivity index (χ0n) is 12.5. The van der Waals surface area contributed by atoms with Crippen LogP contribution in [0, 0.1) is 12.3 Å². The van der Waals surface area contributed by atoms with E-state index in [1.165, 1.54) is 0 Å². The smallest absolute Gasteiger partial charge is 0.122 e. The lowest BCUT2D eigenvalue weighted by Gasteiger charge is -2.29. The number of carbonyl (C=O) groups is 1. The predicted octanol–water partition coefficient (Wildman–Crippen LogP) is 2.21. The van der Waals surface area contributed by atoms with Gasteiger partial charge in [-0.1, -0.05) is 5.92 Å². The molecule has 0 unspecified atom stereocenters. The van der Waals surface area contributed by atoms with Crippen LogP contribution in [0.15, 0.2) is 0 Å². The van der Waals surface area contributed by atoms with Gasteiger partial charge in [0.25, 0.3) is 0 Å². The zero-order valence-corrected chi connectivity index (χ0v) is 12.5. The lowest BCUT2D eigenvalue weighted by atomic mass is 10.1. The van der Waals surface area contributed by atoms with Crippen LogP contribution in [0.5, 0.6) is 0 Å². The summed E-state index contributed by atoms with van der Waals surface area (Å²) in [5.74, 6) is 2.42. The minimum absolute atomic E-state index is 0.293. The molecule has 0 bridgehead atoms. The number of ether oxygens (including phenoxy) is 3. The maximum atomic E-state index is 10.2. The van der Waals surface area contributed by atoms with Gasteiger partial charge in [0.15, 0.2) is 0 Å². The van der Waals surface area contributed by atoms with Crippen molar-refractivity contribution in [1.29, 1.82) is 0 Å². The van der Waals surface area contributed by atoms with Gasteiger partial charge in [0, 0.05) is 6.42 Å². The second-order valence-electron chi connectivity index (χ2n) is 5.62. The quantitative estimate of drug-likeness (QED) is 0.328. The van der Waals surface area contributed by atoms with Crippen LogP contribution in [0.25, 0.3) is 0 Å². The van der Waals surface area contributed by atoms with E-state index in [1.54, 1.807) is 0 Å². The standard InChI is InChI=1S/C15H26O4/c1-6-10-17-13-15(4,5)19-12-8-14(2,3)18-11-7-9-16/h1,9H,7-8,10-13H2,2-5H3. The van der Waals surface area contributed by atoms with Gasteiger partial charge in [0.1, 0.15) is 12.9 Å². The zero-order chi connectivity index (χ0) is 14.8. The molecule has 0 atom stereocenters. The van der Waals surface area contributed by atoms with Crippen LogP contribution < -0.4 is 0 Å². The molecule has 0 fully saturated rings. The monoisotopic (exact) mass is 270 g/mol. The van der Waals surface area contributed by atoms with E-state index in [-0.39, 0.29) is 11.2 Å².